The smallest absolute Gasteiger partial charge is 0.244 e. The van der Waals surface area contributed by atoms with E-state index in [2.05, 4.69) is 20.1 Å². The maximum atomic E-state index is 13.3. The van der Waals surface area contributed by atoms with E-state index in [0.717, 1.165) is 12.1 Å². The molecule has 1 aromatic carbocycles. The van der Waals surface area contributed by atoms with E-state index in [4.69, 9.17) is 4.74 Å². The van der Waals surface area contributed by atoms with Crippen molar-refractivity contribution in [3.63, 3.8) is 0 Å². The number of aromatic nitrogens is 1. The molecule has 0 saturated carbocycles. The van der Waals surface area contributed by atoms with E-state index in [1.165, 1.54) is 16.6 Å². The zero-order valence-electron chi connectivity index (χ0n) is 18.6. The van der Waals surface area contributed by atoms with Gasteiger partial charge < -0.3 is 15.0 Å². The lowest BCUT2D eigenvalue weighted by Gasteiger charge is -2.35. The highest BCUT2D eigenvalue weighted by molar-refractivity contribution is 7.89. The minimum Gasteiger partial charge on any atom is -0.379 e. The van der Waals surface area contributed by atoms with E-state index in [9.17, 15) is 22.0 Å². The molecule has 9 nitrogen and oxygen atoms in total. The van der Waals surface area contributed by atoms with Crippen molar-refractivity contribution in [1.29, 1.82) is 0 Å². The maximum absolute atomic E-state index is 13.3. The van der Waals surface area contributed by atoms with Gasteiger partial charge in [-0.3, -0.25) is 9.69 Å². The predicted octanol–water partition coefficient (Wildman–Crippen LogP) is 1.53. The fourth-order valence-electron chi connectivity index (χ4n) is 3.91. The Kier molecular flexibility index (Phi) is 7.71. The highest BCUT2D eigenvalue weighted by Gasteiger charge is 2.27. The Morgan fingerprint density at radius 2 is 1.74 bits per heavy atom. The van der Waals surface area contributed by atoms with Crippen molar-refractivity contribution in [3.8, 4) is 0 Å². The van der Waals surface area contributed by atoms with Gasteiger partial charge in [0.25, 0.3) is 0 Å². The number of nitrogens with zero attached hydrogens (tertiary/aromatic N) is 4. The lowest BCUT2D eigenvalue weighted by Crippen LogP contribution is -2.47. The number of ether oxygens (including phenoxy) is 1. The molecular formula is C22H27F2N5O4S. The van der Waals surface area contributed by atoms with Gasteiger partial charge >= 0.3 is 0 Å². The van der Waals surface area contributed by atoms with Crippen molar-refractivity contribution in [3.05, 3.63) is 48.2 Å². The molecule has 0 radical (unpaired) electrons. The Bertz CT molecular complexity index is 1100. The van der Waals surface area contributed by atoms with Gasteiger partial charge in [0, 0.05) is 70.2 Å². The van der Waals surface area contributed by atoms with Gasteiger partial charge in [-0.25, -0.2) is 22.2 Å². The summed E-state index contributed by atoms with van der Waals surface area (Å²) in [6, 6.07) is 6.55. The molecule has 2 fully saturated rings. The zero-order valence-corrected chi connectivity index (χ0v) is 19.4. The van der Waals surface area contributed by atoms with E-state index in [0.29, 0.717) is 64.8 Å². The summed E-state index contributed by atoms with van der Waals surface area (Å²) in [5.41, 5.74) is 0.221. The molecule has 34 heavy (non-hydrogen) atoms. The second-order valence-electron chi connectivity index (χ2n) is 8.12. The minimum absolute atomic E-state index is 0.170. The van der Waals surface area contributed by atoms with Crippen LogP contribution in [-0.2, 0) is 19.6 Å². The van der Waals surface area contributed by atoms with Crippen molar-refractivity contribution < 1.29 is 26.7 Å². The molecule has 2 aliphatic rings. The summed E-state index contributed by atoms with van der Waals surface area (Å²) < 4.78 is 58.4. The number of piperazine rings is 1. The number of morpholine rings is 1. The first-order valence-corrected chi connectivity index (χ1v) is 12.5. The molecule has 184 valence electrons. The van der Waals surface area contributed by atoms with Crippen molar-refractivity contribution in [2.45, 2.75) is 11.3 Å². The lowest BCUT2D eigenvalue weighted by molar-refractivity contribution is -0.116. The van der Waals surface area contributed by atoms with Crippen molar-refractivity contribution in [2.24, 2.45) is 0 Å². The normalized spacial score (nSPS) is 18.1. The highest BCUT2D eigenvalue weighted by atomic mass is 32.2. The fraction of sp³-hybridized carbons (Fsp3) is 0.455. The number of sulfonamides is 1. The molecule has 0 aliphatic carbocycles. The quantitative estimate of drug-likeness (QED) is 0.623. The summed E-state index contributed by atoms with van der Waals surface area (Å²) in [7, 11) is -3.57. The molecule has 4 rings (SSSR count). The van der Waals surface area contributed by atoms with Gasteiger partial charge in [0.05, 0.1) is 13.2 Å². The van der Waals surface area contributed by atoms with Crippen LogP contribution in [0, 0.1) is 11.6 Å². The van der Waals surface area contributed by atoms with Gasteiger partial charge in [0.15, 0.2) is 11.6 Å². The number of anilines is 2. The molecule has 3 heterocycles. The lowest BCUT2D eigenvalue weighted by atomic mass is 10.2. The summed E-state index contributed by atoms with van der Waals surface area (Å²) in [4.78, 5) is 20.9. The van der Waals surface area contributed by atoms with Gasteiger partial charge in [-0.1, -0.05) is 0 Å². The van der Waals surface area contributed by atoms with E-state index in [1.54, 1.807) is 12.1 Å². The number of hydrogen-bond donors (Lipinski definition) is 1. The van der Waals surface area contributed by atoms with Crippen LogP contribution in [0.5, 0.6) is 0 Å². The van der Waals surface area contributed by atoms with Crippen LogP contribution in [0.25, 0.3) is 0 Å². The number of rotatable bonds is 7. The van der Waals surface area contributed by atoms with Crippen LogP contribution in [0.1, 0.15) is 6.42 Å². The van der Waals surface area contributed by atoms with E-state index in [1.807, 2.05) is 0 Å². The Labute approximate surface area is 197 Å². The average molecular weight is 496 g/mol. The summed E-state index contributed by atoms with van der Waals surface area (Å²) in [5, 5.41) is 2.57. The van der Waals surface area contributed by atoms with Gasteiger partial charge in [-0.15, -0.1) is 0 Å². The molecule has 1 amide bonds. The summed E-state index contributed by atoms with van der Waals surface area (Å²) in [5.74, 6) is -1.53. The predicted molar refractivity (Wildman–Crippen MR) is 122 cm³/mol. The zero-order chi connectivity index (χ0) is 24.1. The number of nitrogens with one attached hydrogen (secondary N) is 1. The standard InChI is InChI=1S/C22H27F2N5O4S/c23-19-3-1-17(15-20(19)24)26-22(30)5-6-27-7-9-28(10-8-27)21-4-2-18(16-25-21)34(31,32)29-11-13-33-14-12-29/h1-4,15-16H,5-14H2,(H,26,30). The number of benzene rings is 1. The van der Waals surface area contributed by atoms with Crippen LogP contribution in [-0.4, -0.2) is 87.5 Å². The third-order valence-corrected chi connectivity index (χ3v) is 7.77. The first-order valence-electron chi connectivity index (χ1n) is 11.1. The number of halogens is 2. The topological polar surface area (TPSA) is 95.1 Å². The van der Waals surface area contributed by atoms with Crippen LogP contribution in [0.2, 0.25) is 0 Å². The van der Waals surface area contributed by atoms with E-state index < -0.39 is 21.7 Å². The third-order valence-electron chi connectivity index (χ3n) is 5.88. The van der Waals surface area contributed by atoms with Crippen LogP contribution in [0.15, 0.2) is 41.4 Å². The Balaban J connectivity index is 1.24. The van der Waals surface area contributed by atoms with Gasteiger partial charge in [0.1, 0.15) is 10.7 Å². The van der Waals surface area contributed by atoms with Gasteiger partial charge in [-0.05, 0) is 24.3 Å². The minimum atomic E-state index is -3.57. The molecule has 2 aromatic rings. The molecule has 2 saturated heterocycles. The summed E-state index contributed by atoms with van der Waals surface area (Å²) in [6.07, 6.45) is 1.63. The van der Waals surface area contributed by atoms with E-state index in [-0.39, 0.29) is 22.9 Å². The largest absolute Gasteiger partial charge is 0.379 e. The number of amides is 1. The van der Waals surface area contributed by atoms with Crippen LogP contribution in [0.3, 0.4) is 0 Å². The Morgan fingerprint density at radius 3 is 2.38 bits per heavy atom. The molecule has 0 spiro atoms. The summed E-state index contributed by atoms with van der Waals surface area (Å²) >= 11 is 0. The van der Waals surface area contributed by atoms with Gasteiger partial charge in [0.2, 0.25) is 15.9 Å². The average Bonchev–Trinajstić information content (AvgIpc) is 2.86. The molecule has 1 aromatic heterocycles. The van der Waals surface area contributed by atoms with Crippen molar-refractivity contribution >= 4 is 27.4 Å². The second kappa shape index (κ2) is 10.7. The number of hydrogen-bond acceptors (Lipinski definition) is 7. The SMILES string of the molecule is O=C(CCN1CCN(c2ccc(S(=O)(=O)N3CCOCC3)cn2)CC1)Nc1ccc(F)c(F)c1. The monoisotopic (exact) mass is 495 g/mol. The Hall–Kier alpha value is -2.67. The number of pyridine rings is 1. The van der Waals surface area contributed by atoms with Crippen LogP contribution in [0.4, 0.5) is 20.3 Å². The highest BCUT2D eigenvalue weighted by Crippen LogP contribution is 2.20. The van der Waals surface area contributed by atoms with E-state index >= 15 is 0 Å². The maximum Gasteiger partial charge on any atom is 0.244 e. The molecule has 1 N–H and O–H groups in total. The number of carbonyl (C=O) groups is 1. The van der Waals surface area contributed by atoms with Crippen LogP contribution >= 0.6 is 0 Å². The van der Waals surface area contributed by atoms with Crippen molar-refractivity contribution in [1.82, 2.24) is 14.2 Å². The molecule has 0 atom stereocenters. The molecule has 0 bridgehead atoms. The number of carbonyl (C=O) groups excluding carboxylic acids is 1. The third kappa shape index (κ3) is 5.87. The summed E-state index contributed by atoms with van der Waals surface area (Å²) in [6.45, 7) is 4.80. The molecule has 12 heteroatoms. The first-order chi connectivity index (χ1) is 16.3. The molecule has 0 unspecified atom stereocenters. The van der Waals surface area contributed by atoms with Crippen LogP contribution < -0.4 is 10.2 Å². The van der Waals surface area contributed by atoms with Crippen molar-refractivity contribution in [2.75, 3.05) is 69.2 Å². The second-order valence-corrected chi connectivity index (χ2v) is 10.1. The Morgan fingerprint density at radius 1 is 1.00 bits per heavy atom. The molecular weight excluding hydrogens is 468 g/mol. The molecule has 2 aliphatic heterocycles. The fourth-order valence-corrected chi connectivity index (χ4v) is 5.26. The first kappa shape index (κ1) is 24.5. The van der Waals surface area contributed by atoms with Gasteiger partial charge in [-0.2, -0.15) is 4.31 Å².